The van der Waals surface area contributed by atoms with Crippen LogP contribution in [-0.4, -0.2) is 66.2 Å². The van der Waals surface area contributed by atoms with Crippen LogP contribution >= 0.6 is 11.6 Å². The van der Waals surface area contributed by atoms with E-state index in [0.717, 1.165) is 13.1 Å². The third-order valence-corrected chi connectivity index (χ3v) is 4.51. The predicted molar refractivity (Wildman–Crippen MR) is 85.2 cm³/mol. The maximum Gasteiger partial charge on any atom is 0.231 e. The third kappa shape index (κ3) is 3.37. The van der Waals surface area contributed by atoms with Crippen molar-refractivity contribution in [3.63, 3.8) is 0 Å². The molecule has 0 saturated carbocycles. The lowest BCUT2D eigenvalue weighted by molar-refractivity contribution is 0.174. The van der Waals surface area contributed by atoms with E-state index in [1.54, 1.807) is 0 Å². The van der Waals surface area contributed by atoms with Crippen LogP contribution < -0.4 is 9.80 Å². The largest absolute Gasteiger partial charge is 0.347 e. The number of aromatic nitrogens is 3. The zero-order chi connectivity index (χ0) is 14.8. The van der Waals surface area contributed by atoms with E-state index in [4.69, 9.17) is 11.6 Å². The van der Waals surface area contributed by atoms with Gasteiger partial charge in [0.25, 0.3) is 0 Å². The summed E-state index contributed by atoms with van der Waals surface area (Å²) in [6, 6.07) is 0.628. The maximum atomic E-state index is 6.03. The summed E-state index contributed by atoms with van der Waals surface area (Å²) < 4.78 is 0. The van der Waals surface area contributed by atoms with Crippen molar-refractivity contribution in [2.45, 2.75) is 31.7 Å². The van der Waals surface area contributed by atoms with Crippen LogP contribution in [0, 0.1) is 0 Å². The van der Waals surface area contributed by atoms with E-state index in [1.807, 2.05) is 19.0 Å². The number of anilines is 2. The Labute approximate surface area is 131 Å². The third-order valence-electron chi connectivity index (χ3n) is 4.34. The van der Waals surface area contributed by atoms with E-state index in [1.165, 1.54) is 38.8 Å². The number of hydrogen-bond acceptors (Lipinski definition) is 6. The molecule has 2 aliphatic rings. The highest BCUT2D eigenvalue weighted by atomic mass is 35.5. The zero-order valence-electron chi connectivity index (χ0n) is 12.8. The minimum absolute atomic E-state index is 0.269. The van der Waals surface area contributed by atoms with Crippen molar-refractivity contribution in [2.24, 2.45) is 0 Å². The molecule has 1 aromatic heterocycles. The van der Waals surface area contributed by atoms with Crippen LogP contribution in [0.15, 0.2) is 0 Å². The highest BCUT2D eigenvalue weighted by molar-refractivity contribution is 6.28. The molecule has 0 radical (unpaired) electrons. The predicted octanol–water partition coefficient (Wildman–Crippen LogP) is 1.66. The van der Waals surface area contributed by atoms with E-state index in [2.05, 4.69) is 24.8 Å². The van der Waals surface area contributed by atoms with Gasteiger partial charge in [-0.2, -0.15) is 15.0 Å². The Hall–Kier alpha value is -1.14. The van der Waals surface area contributed by atoms with Crippen molar-refractivity contribution in [2.75, 3.05) is 50.1 Å². The minimum atomic E-state index is 0.269. The van der Waals surface area contributed by atoms with Gasteiger partial charge in [-0.3, -0.25) is 4.90 Å². The molecular weight excluding hydrogens is 288 g/mol. The SMILES string of the molecule is CN(C)c1nc(Cl)nc(N2CCC(N3CCCCC3)C2)n1. The van der Waals surface area contributed by atoms with Crippen LogP contribution in [0.25, 0.3) is 0 Å². The average Bonchev–Trinajstić information content (AvgIpc) is 2.97. The molecule has 0 spiro atoms. The summed E-state index contributed by atoms with van der Waals surface area (Å²) >= 11 is 6.03. The van der Waals surface area contributed by atoms with Gasteiger partial charge < -0.3 is 9.80 Å². The molecule has 0 bridgehead atoms. The van der Waals surface area contributed by atoms with Crippen molar-refractivity contribution in [1.29, 1.82) is 0 Å². The Bertz CT molecular complexity index is 488. The normalized spacial score (nSPS) is 23.6. The second-order valence-corrected chi connectivity index (χ2v) is 6.42. The number of hydrogen-bond donors (Lipinski definition) is 0. The minimum Gasteiger partial charge on any atom is -0.347 e. The highest BCUT2D eigenvalue weighted by Crippen LogP contribution is 2.24. The summed E-state index contributed by atoms with van der Waals surface area (Å²) in [6.07, 6.45) is 5.22. The van der Waals surface area contributed by atoms with Crippen molar-refractivity contribution < 1.29 is 0 Å². The quantitative estimate of drug-likeness (QED) is 0.846. The van der Waals surface area contributed by atoms with Crippen LogP contribution in [0.2, 0.25) is 5.28 Å². The number of likely N-dealkylation sites (tertiary alicyclic amines) is 1. The first-order chi connectivity index (χ1) is 10.1. The molecule has 1 atom stereocenters. The fraction of sp³-hybridized carbons (Fsp3) is 0.786. The summed E-state index contributed by atoms with van der Waals surface area (Å²) in [5.74, 6) is 1.32. The van der Waals surface area contributed by atoms with Gasteiger partial charge in [-0.1, -0.05) is 6.42 Å². The lowest BCUT2D eigenvalue weighted by Gasteiger charge is -2.32. The van der Waals surface area contributed by atoms with Gasteiger partial charge in [0.2, 0.25) is 17.2 Å². The first kappa shape index (κ1) is 14.8. The number of piperidine rings is 1. The molecule has 2 saturated heterocycles. The van der Waals surface area contributed by atoms with Gasteiger partial charge >= 0.3 is 0 Å². The van der Waals surface area contributed by atoms with Crippen molar-refractivity contribution in [1.82, 2.24) is 19.9 Å². The molecule has 2 fully saturated rings. The van der Waals surface area contributed by atoms with E-state index < -0.39 is 0 Å². The first-order valence-electron chi connectivity index (χ1n) is 7.71. The molecule has 6 nitrogen and oxygen atoms in total. The average molecular weight is 311 g/mol. The summed E-state index contributed by atoms with van der Waals surface area (Å²) in [5.41, 5.74) is 0. The van der Waals surface area contributed by atoms with Crippen LogP contribution in [0.4, 0.5) is 11.9 Å². The van der Waals surface area contributed by atoms with Crippen LogP contribution in [0.3, 0.4) is 0 Å². The molecule has 2 aliphatic heterocycles. The summed E-state index contributed by atoms with van der Waals surface area (Å²) in [5, 5.41) is 0.269. The highest BCUT2D eigenvalue weighted by Gasteiger charge is 2.30. The smallest absolute Gasteiger partial charge is 0.231 e. The lowest BCUT2D eigenvalue weighted by atomic mass is 10.1. The molecule has 0 aliphatic carbocycles. The number of halogens is 1. The Morgan fingerprint density at radius 1 is 1.05 bits per heavy atom. The van der Waals surface area contributed by atoms with Gasteiger partial charge in [-0.25, -0.2) is 0 Å². The van der Waals surface area contributed by atoms with Crippen LogP contribution in [-0.2, 0) is 0 Å². The summed E-state index contributed by atoms with van der Waals surface area (Å²) in [7, 11) is 3.83. The Balaban J connectivity index is 1.70. The van der Waals surface area contributed by atoms with E-state index >= 15 is 0 Å². The summed E-state index contributed by atoms with van der Waals surface area (Å²) in [6.45, 7) is 4.46. The second kappa shape index (κ2) is 6.32. The Morgan fingerprint density at radius 3 is 2.52 bits per heavy atom. The van der Waals surface area contributed by atoms with Crippen LogP contribution in [0.5, 0.6) is 0 Å². The number of rotatable bonds is 3. The second-order valence-electron chi connectivity index (χ2n) is 6.08. The molecule has 3 heterocycles. The van der Waals surface area contributed by atoms with Crippen molar-refractivity contribution in [3.8, 4) is 0 Å². The molecule has 21 heavy (non-hydrogen) atoms. The molecule has 7 heteroatoms. The maximum absolute atomic E-state index is 6.03. The topological polar surface area (TPSA) is 48.4 Å². The zero-order valence-corrected chi connectivity index (χ0v) is 13.6. The van der Waals surface area contributed by atoms with Gasteiger partial charge in [0, 0.05) is 33.2 Å². The lowest BCUT2D eigenvalue weighted by Crippen LogP contribution is -2.41. The molecule has 0 N–H and O–H groups in total. The van der Waals surface area contributed by atoms with Crippen LogP contribution in [0.1, 0.15) is 25.7 Å². The van der Waals surface area contributed by atoms with Gasteiger partial charge in [0.15, 0.2) is 0 Å². The molecule has 1 unspecified atom stereocenters. The monoisotopic (exact) mass is 310 g/mol. The van der Waals surface area contributed by atoms with Crippen molar-refractivity contribution >= 4 is 23.5 Å². The van der Waals surface area contributed by atoms with Crippen molar-refractivity contribution in [3.05, 3.63) is 5.28 Å². The van der Waals surface area contributed by atoms with Gasteiger partial charge in [0.05, 0.1) is 0 Å². The fourth-order valence-corrected chi connectivity index (χ4v) is 3.33. The molecule has 0 amide bonds. The van der Waals surface area contributed by atoms with Gasteiger partial charge in [0.1, 0.15) is 0 Å². The van der Waals surface area contributed by atoms with Gasteiger partial charge in [-0.15, -0.1) is 0 Å². The van der Waals surface area contributed by atoms with E-state index in [0.29, 0.717) is 17.9 Å². The standard InChI is InChI=1S/C14H23ClN6/c1-19(2)13-16-12(15)17-14(18-13)21-9-6-11(10-21)20-7-4-3-5-8-20/h11H,3-10H2,1-2H3. The summed E-state index contributed by atoms with van der Waals surface area (Å²) in [4.78, 5) is 19.7. The number of nitrogens with zero attached hydrogens (tertiary/aromatic N) is 6. The van der Waals surface area contributed by atoms with Gasteiger partial charge in [-0.05, 0) is 44.0 Å². The molecule has 3 rings (SSSR count). The first-order valence-corrected chi connectivity index (χ1v) is 8.09. The van der Waals surface area contributed by atoms with E-state index in [9.17, 15) is 0 Å². The molecular formula is C14H23ClN6. The molecule has 116 valence electrons. The Morgan fingerprint density at radius 2 is 1.81 bits per heavy atom. The fourth-order valence-electron chi connectivity index (χ4n) is 3.18. The van der Waals surface area contributed by atoms with E-state index in [-0.39, 0.29) is 5.28 Å². The molecule has 1 aromatic rings. The molecule has 0 aromatic carbocycles. The Kier molecular flexibility index (Phi) is 4.45.